The third kappa shape index (κ3) is 4.85. The number of Topliss-reactive ketones (excluding diaryl/α,β-unsaturated/α-hetero) is 1. The smallest absolute Gasteiger partial charge is 0.307 e. The van der Waals surface area contributed by atoms with Crippen molar-refractivity contribution < 1.29 is 32.0 Å². The molecule has 1 aliphatic rings. The minimum Gasteiger partial charge on any atom is -0.307 e. The van der Waals surface area contributed by atoms with Crippen LogP contribution >= 0.6 is 31.1 Å². The largest absolute Gasteiger partial charge is 0.372 e. The van der Waals surface area contributed by atoms with Crippen molar-refractivity contribution in [1.82, 2.24) is 0 Å². The van der Waals surface area contributed by atoms with Gasteiger partial charge < -0.3 is 18.1 Å². The molecule has 0 spiro atoms. The first kappa shape index (κ1) is 25.5. The molecule has 0 aliphatic carbocycles. The van der Waals surface area contributed by atoms with Crippen molar-refractivity contribution >= 4 is 36.9 Å². The molecule has 0 saturated carbocycles. The molecule has 1 aliphatic heterocycles. The lowest BCUT2D eigenvalue weighted by molar-refractivity contribution is 0.0960. The average molecular weight is 525 g/mol. The highest BCUT2D eigenvalue weighted by Crippen LogP contribution is 2.81. The molecule has 0 radical (unpaired) electrons. The molecule has 12 heteroatoms. The lowest BCUT2D eigenvalue weighted by Gasteiger charge is -2.36. The number of halogens is 1. The summed E-state index contributed by atoms with van der Waals surface area (Å²) in [5.41, 5.74) is 0.384. The van der Waals surface area contributed by atoms with E-state index in [1.807, 2.05) is 0 Å². The maximum Gasteiger partial charge on any atom is 0.372 e. The summed E-state index contributed by atoms with van der Waals surface area (Å²) in [5, 5.41) is 6.09. The SMILES string of the molecule is CCOP(=O)(OCC)C1(P(=O)(OCC)OCC)CC(C(=O)c2cccc(Br)c2)N=N1. The van der Waals surface area contributed by atoms with E-state index in [2.05, 4.69) is 26.2 Å². The van der Waals surface area contributed by atoms with Crippen LogP contribution < -0.4 is 0 Å². The topological polar surface area (TPSA) is 113 Å². The number of azo groups is 1. The normalized spacial score (nSPS) is 18.6. The molecular formula is C18H27BrN2O7P2. The second-order valence-electron chi connectivity index (χ2n) is 6.25. The average Bonchev–Trinajstić information content (AvgIpc) is 3.16. The molecule has 0 bridgehead atoms. The Bertz CT molecular complexity index is 830. The molecule has 1 atom stereocenters. The lowest BCUT2D eigenvalue weighted by atomic mass is 10.0. The molecule has 0 saturated heterocycles. The van der Waals surface area contributed by atoms with Crippen molar-refractivity contribution in [3.8, 4) is 0 Å². The highest BCUT2D eigenvalue weighted by molar-refractivity contribution is 9.10. The summed E-state index contributed by atoms with van der Waals surface area (Å²) in [6, 6.07) is 5.75. The van der Waals surface area contributed by atoms with E-state index in [1.54, 1.807) is 52.0 Å². The number of ketones is 1. The fraction of sp³-hybridized carbons (Fsp3) is 0.611. The summed E-state index contributed by atoms with van der Waals surface area (Å²) in [5.74, 6) is -0.360. The van der Waals surface area contributed by atoms with Gasteiger partial charge in [0, 0.05) is 16.5 Å². The van der Waals surface area contributed by atoms with Crippen molar-refractivity contribution in [3.05, 3.63) is 34.3 Å². The van der Waals surface area contributed by atoms with Crippen molar-refractivity contribution in [2.75, 3.05) is 26.4 Å². The van der Waals surface area contributed by atoms with Crippen molar-refractivity contribution in [2.24, 2.45) is 10.2 Å². The summed E-state index contributed by atoms with van der Waals surface area (Å²) in [4.78, 5) is 13.1. The van der Waals surface area contributed by atoms with E-state index in [9.17, 15) is 13.9 Å². The zero-order valence-corrected chi connectivity index (χ0v) is 20.8. The summed E-state index contributed by atoms with van der Waals surface area (Å²) in [7, 11) is -8.38. The van der Waals surface area contributed by atoms with Gasteiger partial charge in [0.15, 0.2) is 5.78 Å². The van der Waals surface area contributed by atoms with Crippen LogP contribution in [-0.4, -0.2) is 43.3 Å². The summed E-state index contributed by atoms with van der Waals surface area (Å²) in [6.45, 7) is 6.55. The van der Waals surface area contributed by atoms with Crippen LogP contribution in [0.3, 0.4) is 0 Å². The maximum atomic E-state index is 13.8. The van der Waals surface area contributed by atoms with Gasteiger partial charge >= 0.3 is 15.2 Å². The van der Waals surface area contributed by atoms with Crippen LogP contribution in [0.2, 0.25) is 0 Å². The number of hydrogen-bond donors (Lipinski definition) is 0. The van der Waals surface area contributed by atoms with Gasteiger partial charge in [-0.1, -0.05) is 28.1 Å². The Labute approximate surface area is 185 Å². The third-order valence-electron chi connectivity index (χ3n) is 4.31. The van der Waals surface area contributed by atoms with Gasteiger partial charge in [-0.2, -0.15) is 10.2 Å². The van der Waals surface area contributed by atoms with Gasteiger partial charge in [0.25, 0.3) is 5.02 Å². The molecule has 1 unspecified atom stereocenters. The fourth-order valence-electron chi connectivity index (χ4n) is 3.13. The molecule has 0 amide bonds. The predicted octanol–water partition coefficient (Wildman–Crippen LogP) is 6.04. The second kappa shape index (κ2) is 10.7. The predicted molar refractivity (Wildman–Crippen MR) is 116 cm³/mol. The zero-order valence-electron chi connectivity index (χ0n) is 17.4. The van der Waals surface area contributed by atoms with Crippen LogP contribution in [0.15, 0.2) is 39.0 Å². The van der Waals surface area contributed by atoms with Gasteiger partial charge in [-0.3, -0.25) is 13.9 Å². The molecule has 0 aromatic heterocycles. The molecule has 30 heavy (non-hydrogen) atoms. The minimum atomic E-state index is -4.19. The van der Waals surface area contributed by atoms with Crippen LogP contribution in [-0.2, 0) is 27.2 Å². The molecule has 1 aromatic carbocycles. The molecule has 9 nitrogen and oxygen atoms in total. The number of benzene rings is 1. The monoisotopic (exact) mass is 524 g/mol. The Kier molecular flexibility index (Phi) is 9.13. The molecular weight excluding hydrogens is 498 g/mol. The van der Waals surface area contributed by atoms with Gasteiger partial charge in [0.05, 0.1) is 26.4 Å². The number of carbonyl (C=O) groups is 1. The van der Waals surface area contributed by atoms with E-state index >= 15 is 0 Å². The van der Waals surface area contributed by atoms with Crippen LogP contribution in [0.25, 0.3) is 0 Å². The Morgan fingerprint density at radius 3 is 1.97 bits per heavy atom. The van der Waals surface area contributed by atoms with Crippen LogP contribution in [0.1, 0.15) is 44.5 Å². The molecule has 1 aromatic rings. The lowest BCUT2D eigenvalue weighted by Crippen LogP contribution is -2.33. The number of nitrogens with zero attached hydrogens (tertiary/aromatic N) is 2. The Morgan fingerprint density at radius 2 is 1.53 bits per heavy atom. The van der Waals surface area contributed by atoms with Crippen LogP contribution in [0.4, 0.5) is 0 Å². The molecule has 1 heterocycles. The number of rotatable bonds is 12. The van der Waals surface area contributed by atoms with Crippen LogP contribution in [0, 0.1) is 0 Å². The van der Waals surface area contributed by atoms with E-state index in [0.717, 1.165) is 4.47 Å². The summed E-state index contributed by atoms with van der Waals surface area (Å²) in [6.07, 6.45) is -0.285. The molecule has 168 valence electrons. The number of carbonyl (C=O) groups excluding carboxylic acids is 1. The summed E-state index contributed by atoms with van der Waals surface area (Å²) < 4.78 is 50.3. The van der Waals surface area contributed by atoms with Crippen molar-refractivity contribution in [2.45, 2.75) is 45.2 Å². The van der Waals surface area contributed by atoms with Gasteiger partial charge in [-0.05, 0) is 39.8 Å². The van der Waals surface area contributed by atoms with Gasteiger partial charge in [0.1, 0.15) is 6.04 Å². The number of hydrogen-bond acceptors (Lipinski definition) is 9. The molecule has 0 fully saturated rings. The Hall–Kier alpha value is -0.730. The standard InChI is InChI=1S/C18H27BrN2O7P2/c1-5-25-29(23,26-6-2)18(30(24,27-7-3)28-8-4)13-16(20-21-18)17(22)14-10-9-11-15(19)12-14/h9-12,16H,5-8,13H2,1-4H3. The quantitative estimate of drug-likeness (QED) is 0.242. The fourth-order valence-corrected chi connectivity index (χ4v) is 8.88. The highest BCUT2D eigenvalue weighted by atomic mass is 79.9. The Morgan fingerprint density at radius 1 is 1.03 bits per heavy atom. The van der Waals surface area contributed by atoms with Gasteiger partial charge in [0.2, 0.25) is 0 Å². The third-order valence-corrected chi connectivity index (χ3v) is 11.0. The van der Waals surface area contributed by atoms with E-state index in [4.69, 9.17) is 18.1 Å². The van der Waals surface area contributed by atoms with Crippen molar-refractivity contribution in [1.29, 1.82) is 0 Å². The molecule has 2 rings (SSSR count). The van der Waals surface area contributed by atoms with E-state index in [1.165, 1.54) is 0 Å². The van der Waals surface area contributed by atoms with E-state index in [-0.39, 0.29) is 38.6 Å². The highest BCUT2D eigenvalue weighted by Gasteiger charge is 2.69. The second-order valence-corrected chi connectivity index (χ2v) is 12.0. The summed E-state index contributed by atoms with van der Waals surface area (Å²) >= 11 is 3.33. The maximum absolute atomic E-state index is 13.8. The first-order valence-electron chi connectivity index (χ1n) is 9.72. The van der Waals surface area contributed by atoms with Gasteiger partial charge in [-0.25, -0.2) is 0 Å². The Balaban J connectivity index is 2.56. The van der Waals surface area contributed by atoms with E-state index < -0.39 is 26.3 Å². The zero-order chi connectivity index (χ0) is 22.4. The first-order valence-corrected chi connectivity index (χ1v) is 13.6. The molecule has 0 N–H and O–H groups in total. The van der Waals surface area contributed by atoms with E-state index in [0.29, 0.717) is 5.56 Å². The van der Waals surface area contributed by atoms with Crippen molar-refractivity contribution in [3.63, 3.8) is 0 Å². The van der Waals surface area contributed by atoms with Crippen LogP contribution in [0.5, 0.6) is 0 Å². The first-order chi connectivity index (χ1) is 14.2. The van der Waals surface area contributed by atoms with Gasteiger partial charge in [-0.15, -0.1) is 0 Å². The minimum absolute atomic E-state index is 0.0110.